The molecule has 2 aromatic carbocycles. The lowest BCUT2D eigenvalue weighted by atomic mass is 9.52. The molecule has 1 fully saturated rings. The van der Waals surface area contributed by atoms with E-state index in [4.69, 9.17) is 9.97 Å². The molecule has 0 aliphatic heterocycles. The van der Waals surface area contributed by atoms with Crippen LogP contribution in [0.5, 0.6) is 5.75 Å². The maximum absolute atomic E-state index is 13.0. The molecule has 2 aliphatic rings. The standard InChI is InChI=1S/C27H26N2O3/c1-16-23-12-11-22-24(18-7-6-10-21(31)13-18)28-17(2)29-26(22)27(23,14-19(15-30)25(16)32)20-8-4-3-5-9-20/h3-10,13,15-16,23,30-31H,11-12,14H2,1-2H3/t16-,23-,27+/m0/s1. The number of aliphatic hydroxyl groups is 1. The molecule has 1 heterocycles. The summed E-state index contributed by atoms with van der Waals surface area (Å²) in [6, 6.07) is 17.4. The van der Waals surface area contributed by atoms with Gasteiger partial charge in [0.15, 0.2) is 5.78 Å². The van der Waals surface area contributed by atoms with Gasteiger partial charge in [-0.2, -0.15) is 0 Å². The first kappa shape index (κ1) is 20.4. The zero-order chi connectivity index (χ0) is 22.5. The molecule has 2 aliphatic carbocycles. The minimum absolute atomic E-state index is 0.0199. The number of benzene rings is 2. The van der Waals surface area contributed by atoms with Gasteiger partial charge in [-0.3, -0.25) is 4.79 Å². The molecular formula is C27H26N2O3. The zero-order valence-corrected chi connectivity index (χ0v) is 18.2. The Labute approximate surface area is 187 Å². The van der Waals surface area contributed by atoms with Crippen molar-refractivity contribution in [3.05, 3.63) is 89.1 Å². The molecule has 1 saturated carbocycles. The van der Waals surface area contributed by atoms with Gasteiger partial charge in [-0.15, -0.1) is 0 Å². The number of fused-ring (bicyclic) bond motifs is 3. The number of Topliss-reactive ketones (excluding diaryl/α,β-unsaturated/α-hetero) is 1. The molecule has 0 saturated heterocycles. The molecule has 5 heteroatoms. The molecule has 162 valence electrons. The lowest BCUT2D eigenvalue weighted by molar-refractivity contribution is -0.123. The van der Waals surface area contributed by atoms with Crippen LogP contribution in [-0.2, 0) is 16.6 Å². The molecule has 32 heavy (non-hydrogen) atoms. The first-order chi connectivity index (χ1) is 15.5. The molecule has 0 unspecified atom stereocenters. The lowest BCUT2D eigenvalue weighted by Crippen LogP contribution is -2.51. The molecule has 0 radical (unpaired) electrons. The zero-order valence-electron chi connectivity index (χ0n) is 18.2. The Morgan fingerprint density at radius 2 is 1.88 bits per heavy atom. The Kier molecular flexibility index (Phi) is 4.85. The second-order valence-electron chi connectivity index (χ2n) is 8.96. The molecule has 3 atom stereocenters. The average molecular weight is 427 g/mol. The smallest absolute Gasteiger partial charge is 0.165 e. The van der Waals surface area contributed by atoms with Crippen molar-refractivity contribution in [3.8, 4) is 17.0 Å². The maximum Gasteiger partial charge on any atom is 0.165 e. The Morgan fingerprint density at radius 3 is 2.59 bits per heavy atom. The van der Waals surface area contributed by atoms with E-state index in [1.165, 1.54) is 0 Å². The maximum atomic E-state index is 13.0. The van der Waals surface area contributed by atoms with Crippen molar-refractivity contribution in [2.24, 2.45) is 11.8 Å². The summed E-state index contributed by atoms with van der Waals surface area (Å²) in [5, 5.41) is 20.0. The normalized spacial score (nSPS) is 25.9. The van der Waals surface area contributed by atoms with E-state index in [1.807, 2.05) is 44.2 Å². The Hall–Kier alpha value is -3.47. The highest BCUT2D eigenvalue weighted by atomic mass is 16.3. The Morgan fingerprint density at radius 1 is 1.09 bits per heavy atom. The summed E-state index contributed by atoms with van der Waals surface area (Å²) in [5.41, 5.74) is 4.69. The van der Waals surface area contributed by atoms with E-state index in [1.54, 1.807) is 12.1 Å². The third-order valence-electron chi connectivity index (χ3n) is 7.25. The van der Waals surface area contributed by atoms with E-state index < -0.39 is 5.41 Å². The van der Waals surface area contributed by atoms with E-state index in [0.29, 0.717) is 17.8 Å². The molecule has 0 spiro atoms. The fourth-order valence-electron chi connectivity index (χ4n) is 5.87. The fraction of sp³-hybridized carbons (Fsp3) is 0.296. The molecule has 5 rings (SSSR count). The van der Waals surface area contributed by atoms with E-state index in [9.17, 15) is 15.0 Å². The Bertz CT molecular complexity index is 1230. The number of phenolic OH excluding ortho intramolecular Hbond substituents is 1. The van der Waals surface area contributed by atoms with Crippen LogP contribution in [0.2, 0.25) is 0 Å². The van der Waals surface area contributed by atoms with Crippen molar-refractivity contribution in [1.29, 1.82) is 0 Å². The van der Waals surface area contributed by atoms with Crippen molar-refractivity contribution >= 4 is 5.78 Å². The van der Waals surface area contributed by atoms with Crippen molar-refractivity contribution < 1.29 is 15.0 Å². The fourth-order valence-corrected chi connectivity index (χ4v) is 5.87. The van der Waals surface area contributed by atoms with Crippen LogP contribution in [0.25, 0.3) is 11.3 Å². The molecular weight excluding hydrogens is 400 g/mol. The van der Waals surface area contributed by atoms with Gasteiger partial charge < -0.3 is 10.2 Å². The minimum Gasteiger partial charge on any atom is -0.515 e. The van der Waals surface area contributed by atoms with Gasteiger partial charge in [-0.1, -0.05) is 49.4 Å². The van der Waals surface area contributed by atoms with Gasteiger partial charge in [-0.25, -0.2) is 9.97 Å². The number of aliphatic hydroxyl groups excluding tert-OH is 1. The van der Waals surface area contributed by atoms with Crippen LogP contribution in [0, 0.1) is 18.8 Å². The highest BCUT2D eigenvalue weighted by Crippen LogP contribution is 2.56. The predicted molar refractivity (Wildman–Crippen MR) is 122 cm³/mol. The summed E-state index contributed by atoms with van der Waals surface area (Å²) < 4.78 is 0. The highest BCUT2D eigenvalue weighted by Gasteiger charge is 2.55. The van der Waals surface area contributed by atoms with Crippen LogP contribution in [0.1, 0.15) is 42.4 Å². The van der Waals surface area contributed by atoms with Crippen molar-refractivity contribution in [1.82, 2.24) is 9.97 Å². The number of hydrogen-bond donors (Lipinski definition) is 2. The number of carbonyl (C=O) groups excluding carboxylic acids is 1. The molecule has 1 aromatic heterocycles. The lowest BCUT2D eigenvalue weighted by Gasteiger charge is -2.51. The number of allylic oxidation sites excluding steroid dienone is 1. The predicted octanol–water partition coefficient (Wildman–Crippen LogP) is 5.06. The number of aryl methyl sites for hydroxylation is 1. The van der Waals surface area contributed by atoms with Gasteiger partial charge >= 0.3 is 0 Å². The van der Waals surface area contributed by atoms with E-state index in [2.05, 4.69) is 12.1 Å². The summed E-state index contributed by atoms with van der Waals surface area (Å²) in [4.78, 5) is 22.8. The summed E-state index contributed by atoms with van der Waals surface area (Å²) in [6.45, 7) is 3.86. The van der Waals surface area contributed by atoms with Crippen molar-refractivity contribution in [3.63, 3.8) is 0 Å². The third-order valence-corrected chi connectivity index (χ3v) is 7.25. The van der Waals surface area contributed by atoms with Gasteiger partial charge in [-0.05, 0) is 49.8 Å². The molecule has 5 nitrogen and oxygen atoms in total. The molecule has 0 bridgehead atoms. The summed E-state index contributed by atoms with van der Waals surface area (Å²) >= 11 is 0. The largest absolute Gasteiger partial charge is 0.515 e. The quantitative estimate of drug-likeness (QED) is 0.442. The second kappa shape index (κ2) is 7.59. The third kappa shape index (κ3) is 2.95. The number of rotatable bonds is 2. The van der Waals surface area contributed by atoms with Crippen LogP contribution in [0.4, 0.5) is 0 Å². The topological polar surface area (TPSA) is 83.3 Å². The Balaban J connectivity index is 1.83. The van der Waals surface area contributed by atoms with E-state index in [0.717, 1.165) is 47.2 Å². The SMILES string of the molecule is Cc1nc(-c2cccc(O)c2)c2c(n1)[C@@]1(c3ccccc3)CC(=CO)C(=O)[C@@H](C)[C@@H]1CC2. The van der Waals surface area contributed by atoms with Crippen LogP contribution in [-0.4, -0.2) is 26.0 Å². The number of hydrogen-bond acceptors (Lipinski definition) is 5. The van der Waals surface area contributed by atoms with Crippen molar-refractivity contribution in [2.75, 3.05) is 0 Å². The summed E-state index contributed by atoms with van der Waals surface area (Å²) in [7, 11) is 0. The number of aromatic nitrogens is 2. The first-order valence-electron chi connectivity index (χ1n) is 11.1. The number of carbonyl (C=O) groups is 1. The van der Waals surface area contributed by atoms with Gasteiger partial charge in [0.1, 0.15) is 11.6 Å². The van der Waals surface area contributed by atoms with Crippen molar-refractivity contribution in [2.45, 2.75) is 38.5 Å². The summed E-state index contributed by atoms with van der Waals surface area (Å²) in [6.07, 6.45) is 2.98. The van der Waals surface area contributed by atoms with Crippen LogP contribution in [0.15, 0.2) is 66.4 Å². The molecule has 3 aromatic rings. The van der Waals surface area contributed by atoms with E-state index in [-0.39, 0.29) is 23.4 Å². The van der Waals surface area contributed by atoms with Crippen LogP contribution in [0.3, 0.4) is 0 Å². The monoisotopic (exact) mass is 426 g/mol. The van der Waals surface area contributed by atoms with Gasteiger partial charge in [0.25, 0.3) is 0 Å². The van der Waals surface area contributed by atoms with E-state index >= 15 is 0 Å². The van der Waals surface area contributed by atoms with Crippen LogP contribution < -0.4 is 0 Å². The summed E-state index contributed by atoms with van der Waals surface area (Å²) in [5.74, 6) is 0.708. The number of ketones is 1. The first-order valence-corrected chi connectivity index (χ1v) is 11.1. The number of phenols is 1. The highest BCUT2D eigenvalue weighted by molar-refractivity contribution is 5.98. The van der Waals surface area contributed by atoms with Gasteiger partial charge in [0.05, 0.1) is 17.6 Å². The number of aromatic hydroxyl groups is 1. The average Bonchev–Trinajstić information content (AvgIpc) is 2.81. The van der Waals surface area contributed by atoms with Crippen LogP contribution >= 0.6 is 0 Å². The second-order valence-corrected chi connectivity index (χ2v) is 8.96. The minimum atomic E-state index is -0.532. The molecule has 2 N–H and O–H groups in total. The van der Waals surface area contributed by atoms with Gasteiger partial charge in [0.2, 0.25) is 0 Å². The number of nitrogens with zero attached hydrogens (tertiary/aromatic N) is 2. The van der Waals surface area contributed by atoms with Gasteiger partial charge in [0, 0.05) is 28.0 Å². The molecule has 0 amide bonds.